The van der Waals surface area contributed by atoms with Gasteiger partial charge in [0.2, 0.25) is 10.0 Å². The Balaban J connectivity index is 1.30. The summed E-state index contributed by atoms with van der Waals surface area (Å²) < 4.78 is 33.5. The highest BCUT2D eigenvalue weighted by Crippen LogP contribution is 2.63. The average molecular weight is 466 g/mol. The van der Waals surface area contributed by atoms with E-state index in [1.807, 2.05) is 0 Å². The van der Waals surface area contributed by atoms with Crippen molar-refractivity contribution in [2.24, 2.45) is 29.1 Å². The molecule has 5 aliphatic rings. The van der Waals surface area contributed by atoms with E-state index in [-0.39, 0.29) is 28.0 Å². The van der Waals surface area contributed by atoms with Crippen LogP contribution in [-0.2, 0) is 24.3 Å². The number of Topliss-reactive ketones (excluding diaryl/α,β-unsaturated/α-hetero) is 1. The molecule has 0 heterocycles. The molecule has 168 valence electrons. The highest BCUT2D eigenvalue weighted by molar-refractivity contribution is 7.89. The van der Waals surface area contributed by atoms with Crippen molar-refractivity contribution in [3.8, 4) is 0 Å². The maximum absolute atomic E-state index is 13.3. The first kappa shape index (κ1) is 21.4. The van der Waals surface area contributed by atoms with Gasteiger partial charge in [0.25, 0.3) is 0 Å². The summed E-state index contributed by atoms with van der Waals surface area (Å²) in [5, 5.41) is 0.340. The van der Waals surface area contributed by atoms with Crippen LogP contribution in [0.2, 0.25) is 5.02 Å². The third kappa shape index (κ3) is 3.62. The first-order valence-electron chi connectivity index (χ1n) is 11.1. The van der Waals surface area contributed by atoms with Gasteiger partial charge in [-0.2, -0.15) is 4.72 Å². The Morgan fingerprint density at radius 3 is 2.42 bits per heavy atom. The Labute approximate surface area is 188 Å². The molecule has 0 amide bonds. The van der Waals surface area contributed by atoms with Gasteiger partial charge in [-0.05, 0) is 86.8 Å². The summed E-state index contributed by atoms with van der Waals surface area (Å²) in [6, 6.07) is 6.09. The zero-order valence-corrected chi connectivity index (χ0v) is 19.2. The normalized spacial score (nSPS) is 35.0. The second-order valence-corrected chi connectivity index (χ2v) is 12.3. The SMILES string of the molecule is COC(=O)C12CC3CC(C1)C(CC(=O)C1(NS(=O)(=O)c4cccc(Cl)c4)CC1)C(C3)C2. The van der Waals surface area contributed by atoms with Crippen molar-refractivity contribution in [2.45, 2.75) is 61.8 Å². The molecule has 5 fully saturated rings. The highest BCUT2D eigenvalue weighted by atomic mass is 35.5. The van der Waals surface area contributed by atoms with Crippen LogP contribution in [-0.4, -0.2) is 32.8 Å². The third-order valence-corrected chi connectivity index (χ3v) is 10.00. The fourth-order valence-electron chi connectivity index (χ4n) is 6.85. The Morgan fingerprint density at radius 1 is 1.16 bits per heavy atom. The molecule has 2 unspecified atom stereocenters. The molecule has 0 aromatic heterocycles. The molecule has 0 radical (unpaired) electrons. The third-order valence-electron chi connectivity index (χ3n) is 8.23. The fraction of sp³-hybridized carbons (Fsp3) is 0.652. The van der Waals surface area contributed by atoms with Crippen molar-refractivity contribution >= 4 is 33.4 Å². The standard InChI is InChI=1S/C23H28ClNO5S/c1-30-21(27)22-11-14-7-15(12-22)19(16(8-14)13-22)10-20(26)23(5-6-23)25-31(28,29)18-4-2-3-17(24)9-18/h2-4,9,14-16,19,25H,5-8,10-13H2,1H3. The first-order chi connectivity index (χ1) is 14.7. The number of halogens is 1. The van der Waals surface area contributed by atoms with E-state index < -0.39 is 15.6 Å². The van der Waals surface area contributed by atoms with Gasteiger partial charge in [-0.25, -0.2) is 8.42 Å². The Hall–Kier alpha value is -1.44. The number of carbonyl (C=O) groups is 2. The van der Waals surface area contributed by atoms with Gasteiger partial charge >= 0.3 is 5.97 Å². The zero-order valence-electron chi connectivity index (χ0n) is 17.6. The molecule has 6 rings (SSSR count). The van der Waals surface area contributed by atoms with Crippen molar-refractivity contribution in [3.63, 3.8) is 0 Å². The summed E-state index contributed by atoms with van der Waals surface area (Å²) in [6.45, 7) is 0. The Bertz CT molecular complexity index is 1020. The van der Waals surface area contributed by atoms with Gasteiger partial charge in [-0.3, -0.25) is 9.59 Å². The molecule has 1 N–H and O–H groups in total. The molecule has 2 atom stereocenters. The fourth-order valence-corrected chi connectivity index (χ4v) is 8.60. The van der Waals surface area contributed by atoms with Crippen molar-refractivity contribution in [2.75, 3.05) is 7.11 Å². The predicted molar refractivity (Wildman–Crippen MR) is 115 cm³/mol. The van der Waals surface area contributed by atoms with Crippen LogP contribution in [0.3, 0.4) is 0 Å². The number of benzene rings is 1. The number of rotatable bonds is 7. The van der Waals surface area contributed by atoms with Gasteiger partial charge in [0.05, 0.1) is 23.0 Å². The largest absolute Gasteiger partial charge is 0.469 e. The number of sulfonamides is 1. The molecule has 31 heavy (non-hydrogen) atoms. The number of esters is 1. The molecule has 4 bridgehead atoms. The molecule has 0 aliphatic heterocycles. The molecule has 6 nitrogen and oxygen atoms in total. The second-order valence-electron chi connectivity index (χ2n) is 10.2. The minimum Gasteiger partial charge on any atom is -0.469 e. The summed E-state index contributed by atoms with van der Waals surface area (Å²) in [4.78, 5) is 25.9. The van der Waals surface area contributed by atoms with E-state index in [1.165, 1.54) is 19.2 Å². The quantitative estimate of drug-likeness (QED) is 0.620. The van der Waals surface area contributed by atoms with E-state index in [1.54, 1.807) is 12.1 Å². The predicted octanol–water partition coefficient (Wildman–Crippen LogP) is 3.73. The van der Waals surface area contributed by atoms with Crippen molar-refractivity contribution in [1.29, 1.82) is 0 Å². The van der Waals surface area contributed by atoms with Crippen LogP contribution in [0.25, 0.3) is 0 Å². The maximum Gasteiger partial charge on any atom is 0.311 e. The average Bonchev–Trinajstić information content (AvgIpc) is 3.49. The lowest BCUT2D eigenvalue weighted by molar-refractivity contribution is -0.175. The minimum absolute atomic E-state index is 0.0114. The lowest BCUT2D eigenvalue weighted by Crippen LogP contribution is -2.55. The van der Waals surface area contributed by atoms with Crippen LogP contribution in [0.5, 0.6) is 0 Å². The van der Waals surface area contributed by atoms with E-state index in [9.17, 15) is 18.0 Å². The van der Waals surface area contributed by atoms with Gasteiger partial charge in [-0.15, -0.1) is 0 Å². The topological polar surface area (TPSA) is 89.5 Å². The lowest BCUT2D eigenvalue weighted by Gasteiger charge is -2.58. The van der Waals surface area contributed by atoms with E-state index in [0.29, 0.717) is 42.0 Å². The van der Waals surface area contributed by atoms with Gasteiger partial charge in [0, 0.05) is 11.4 Å². The monoisotopic (exact) mass is 465 g/mol. The molecule has 1 aromatic rings. The van der Waals surface area contributed by atoms with Crippen LogP contribution < -0.4 is 4.72 Å². The van der Waals surface area contributed by atoms with Crippen LogP contribution in [0.4, 0.5) is 0 Å². The molecular weight excluding hydrogens is 438 g/mol. The number of carbonyl (C=O) groups excluding carboxylic acids is 2. The first-order valence-corrected chi connectivity index (χ1v) is 12.9. The Kier molecular flexibility index (Phi) is 5.03. The summed E-state index contributed by atoms with van der Waals surface area (Å²) in [6.07, 6.45) is 6.08. The summed E-state index contributed by atoms with van der Waals surface area (Å²) >= 11 is 5.95. The van der Waals surface area contributed by atoms with Crippen molar-refractivity contribution < 1.29 is 22.7 Å². The number of methoxy groups -OCH3 is 1. The van der Waals surface area contributed by atoms with Crippen LogP contribution in [0.1, 0.15) is 51.4 Å². The number of hydrogen-bond donors (Lipinski definition) is 1. The van der Waals surface area contributed by atoms with Gasteiger partial charge in [0.15, 0.2) is 5.78 Å². The van der Waals surface area contributed by atoms with Gasteiger partial charge < -0.3 is 4.74 Å². The van der Waals surface area contributed by atoms with Crippen LogP contribution >= 0.6 is 11.6 Å². The Morgan fingerprint density at radius 2 is 1.84 bits per heavy atom. The maximum atomic E-state index is 13.3. The second kappa shape index (κ2) is 7.29. The molecule has 8 heteroatoms. The summed E-state index contributed by atoms with van der Waals surface area (Å²) in [5.74, 6) is 1.35. The number of ether oxygens (including phenoxy) is 1. The van der Waals surface area contributed by atoms with Crippen LogP contribution in [0.15, 0.2) is 29.2 Å². The molecular formula is C23H28ClNO5S. The van der Waals surface area contributed by atoms with Crippen molar-refractivity contribution in [1.82, 2.24) is 4.72 Å². The number of nitrogens with one attached hydrogen (secondary N) is 1. The van der Waals surface area contributed by atoms with Gasteiger partial charge in [0.1, 0.15) is 0 Å². The van der Waals surface area contributed by atoms with E-state index in [4.69, 9.17) is 16.3 Å². The minimum atomic E-state index is -3.83. The molecule has 5 saturated carbocycles. The molecule has 0 spiro atoms. The van der Waals surface area contributed by atoms with Gasteiger partial charge in [-0.1, -0.05) is 17.7 Å². The molecule has 0 saturated heterocycles. The highest BCUT2D eigenvalue weighted by Gasteiger charge is 2.60. The lowest BCUT2D eigenvalue weighted by atomic mass is 9.45. The zero-order chi connectivity index (χ0) is 22.0. The van der Waals surface area contributed by atoms with E-state index >= 15 is 0 Å². The van der Waals surface area contributed by atoms with E-state index in [2.05, 4.69) is 4.72 Å². The van der Waals surface area contributed by atoms with Crippen molar-refractivity contribution in [3.05, 3.63) is 29.3 Å². The summed E-state index contributed by atoms with van der Waals surface area (Å²) in [5.41, 5.74) is -1.36. The summed E-state index contributed by atoms with van der Waals surface area (Å²) in [7, 11) is -2.36. The van der Waals surface area contributed by atoms with Crippen LogP contribution in [0, 0.1) is 29.1 Å². The smallest absolute Gasteiger partial charge is 0.311 e. The number of ketones is 1. The van der Waals surface area contributed by atoms with E-state index in [0.717, 1.165) is 32.1 Å². The number of hydrogen-bond acceptors (Lipinski definition) is 5. The molecule has 1 aromatic carbocycles. The molecule has 5 aliphatic carbocycles.